The van der Waals surface area contributed by atoms with Crippen LogP contribution in [-0.2, 0) is 0 Å². The maximum absolute atomic E-state index is 5.42. The molecule has 0 spiro atoms. The lowest BCUT2D eigenvalue weighted by Crippen LogP contribution is -2.28. The summed E-state index contributed by atoms with van der Waals surface area (Å²) in [6, 6.07) is 0. The first-order valence-electron chi connectivity index (χ1n) is 5.60. The Morgan fingerprint density at radius 1 is 1.29 bits per heavy atom. The summed E-state index contributed by atoms with van der Waals surface area (Å²) in [5.41, 5.74) is 1.39. The zero-order valence-electron chi connectivity index (χ0n) is 8.33. The Bertz CT molecular complexity index is 311. The smallest absolute Gasteiger partial charge is 0.144 e. The van der Waals surface area contributed by atoms with E-state index in [4.69, 9.17) is 4.52 Å². The first-order valence-corrected chi connectivity index (χ1v) is 5.60. The summed E-state index contributed by atoms with van der Waals surface area (Å²) in [5.74, 6) is 2.50. The van der Waals surface area contributed by atoms with Gasteiger partial charge in [0.2, 0.25) is 0 Å². The first-order chi connectivity index (χ1) is 6.95. The zero-order valence-corrected chi connectivity index (χ0v) is 8.33. The van der Waals surface area contributed by atoms with Crippen molar-refractivity contribution in [3.05, 3.63) is 17.5 Å². The summed E-state index contributed by atoms with van der Waals surface area (Å²) < 4.78 is 5.42. The molecule has 1 saturated carbocycles. The molecule has 0 radical (unpaired) electrons. The van der Waals surface area contributed by atoms with Crippen LogP contribution in [0.5, 0.6) is 0 Å². The van der Waals surface area contributed by atoms with E-state index in [1.54, 1.807) is 0 Å². The van der Waals surface area contributed by atoms with Gasteiger partial charge in [-0.25, -0.2) is 0 Å². The van der Waals surface area contributed by atoms with E-state index in [0.29, 0.717) is 5.92 Å². The lowest BCUT2D eigenvalue weighted by Gasteiger charge is -2.21. The highest BCUT2D eigenvalue weighted by atomic mass is 16.5. The predicted octanol–water partition coefficient (Wildman–Crippen LogP) is 2.02. The average Bonchev–Trinajstić information content (AvgIpc) is 2.98. The SMILES string of the molecule is c1noc(C2CCCNC2)c1C1CC1. The second kappa shape index (κ2) is 3.39. The quantitative estimate of drug-likeness (QED) is 0.779. The van der Waals surface area contributed by atoms with Crippen LogP contribution in [0.4, 0.5) is 0 Å². The van der Waals surface area contributed by atoms with Crippen molar-refractivity contribution in [3.8, 4) is 0 Å². The Labute approximate surface area is 83.9 Å². The van der Waals surface area contributed by atoms with Crippen molar-refractivity contribution in [2.45, 2.75) is 37.5 Å². The Kier molecular flexibility index (Phi) is 2.05. The van der Waals surface area contributed by atoms with Crippen molar-refractivity contribution >= 4 is 0 Å². The maximum atomic E-state index is 5.42. The summed E-state index contributed by atoms with van der Waals surface area (Å²) in [7, 11) is 0. The fourth-order valence-electron chi connectivity index (χ4n) is 2.34. The number of nitrogens with one attached hydrogen (secondary N) is 1. The molecule has 3 heteroatoms. The van der Waals surface area contributed by atoms with Gasteiger partial charge in [0.25, 0.3) is 0 Å². The maximum Gasteiger partial charge on any atom is 0.144 e. The lowest BCUT2D eigenvalue weighted by atomic mass is 9.93. The fourth-order valence-corrected chi connectivity index (χ4v) is 2.34. The van der Waals surface area contributed by atoms with Crippen LogP contribution < -0.4 is 5.32 Å². The van der Waals surface area contributed by atoms with Gasteiger partial charge < -0.3 is 9.84 Å². The molecule has 76 valence electrons. The molecule has 1 aromatic rings. The molecule has 0 aromatic carbocycles. The van der Waals surface area contributed by atoms with Crippen LogP contribution in [0.3, 0.4) is 0 Å². The monoisotopic (exact) mass is 192 g/mol. The zero-order chi connectivity index (χ0) is 9.38. The summed E-state index contributed by atoms with van der Waals surface area (Å²) in [6.45, 7) is 2.22. The molecular weight excluding hydrogens is 176 g/mol. The molecule has 3 nitrogen and oxygen atoms in total. The molecule has 1 aliphatic carbocycles. The first kappa shape index (κ1) is 8.48. The molecule has 1 atom stereocenters. The van der Waals surface area contributed by atoms with E-state index in [-0.39, 0.29) is 0 Å². The highest BCUT2D eigenvalue weighted by molar-refractivity contribution is 5.26. The summed E-state index contributed by atoms with van der Waals surface area (Å²) in [5, 5.41) is 7.38. The number of piperidine rings is 1. The van der Waals surface area contributed by atoms with Gasteiger partial charge in [-0.1, -0.05) is 5.16 Å². The average molecular weight is 192 g/mol. The molecule has 2 aliphatic rings. The minimum absolute atomic E-state index is 0.571. The van der Waals surface area contributed by atoms with Gasteiger partial charge in [-0.15, -0.1) is 0 Å². The molecule has 2 heterocycles. The van der Waals surface area contributed by atoms with Gasteiger partial charge in [0.1, 0.15) is 5.76 Å². The fraction of sp³-hybridized carbons (Fsp3) is 0.727. The minimum Gasteiger partial charge on any atom is -0.361 e. The van der Waals surface area contributed by atoms with Crippen molar-refractivity contribution in [2.24, 2.45) is 0 Å². The van der Waals surface area contributed by atoms with Gasteiger partial charge in [-0.05, 0) is 38.1 Å². The van der Waals surface area contributed by atoms with Gasteiger partial charge in [0, 0.05) is 18.0 Å². The van der Waals surface area contributed by atoms with Crippen LogP contribution in [0, 0.1) is 0 Å². The Balaban J connectivity index is 1.82. The highest BCUT2D eigenvalue weighted by Crippen LogP contribution is 2.43. The van der Waals surface area contributed by atoms with Gasteiger partial charge in [-0.2, -0.15) is 0 Å². The lowest BCUT2D eigenvalue weighted by molar-refractivity contribution is 0.327. The molecule has 14 heavy (non-hydrogen) atoms. The molecule has 1 saturated heterocycles. The largest absolute Gasteiger partial charge is 0.361 e. The van der Waals surface area contributed by atoms with E-state index in [2.05, 4.69) is 10.5 Å². The number of hydrogen-bond donors (Lipinski definition) is 1. The van der Waals surface area contributed by atoms with Crippen LogP contribution in [0.15, 0.2) is 10.7 Å². The molecule has 3 rings (SSSR count). The molecule has 1 N–H and O–H groups in total. The molecule has 1 aliphatic heterocycles. The molecule has 1 aromatic heterocycles. The standard InChI is InChI=1S/C11H16N2O/c1-2-9(6-12-5-1)11-10(7-13-14-11)8-3-4-8/h7-9,12H,1-6H2. The van der Waals surface area contributed by atoms with Crippen LogP contribution in [0.1, 0.15) is 48.8 Å². The van der Waals surface area contributed by atoms with Crippen molar-refractivity contribution in [1.29, 1.82) is 0 Å². The Hall–Kier alpha value is -0.830. The number of hydrogen-bond acceptors (Lipinski definition) is 3. The predicted molar refractivity (Wildman–Crippen MR) is 53.3 cm³/mol. The molecule has 0 bridgehead atoms. The van der Waals surface area contributed by atoms with Gasteiger partial charge >= 0.3 is 0 Å². The van der Waals surface area contributed by atoms with Crippen LogP contribution >= 0.6 is 0 Å². The minimum atomic E-state index is 0.571. The van der Waals surface area contributed by atoms with E-state index < -0.39 is 0 Å². The van der Waals surface area contributed by atoms with Crippen molar-refractivity contribution in [1.82, 2.24) is 10.5 Å². The second-order valence-electron chi connectivity index (χ2n) is 4.46. The van der Waals surface area contributed by atoms with E-state index >= 15 is 0 Å². The normalized spacial score (nSPS) is 27.9. The third-order valence-corrected chi connectivity index (χ3v) is 3.31. The molecule has 1 unspecified atom stereocenters. The van der Waals surface area contributed by atoms with Crippen LogP contribution in [-0.4, -0.2) is 18.2 Å². The summed E-state index contributed by atoms with van der Waals surface area (Å²) >= 11 is 0. The highest BCUT2D eigenvalue weighted by Gasteiger charge is 2.32. The van der Waals surface area contributed by atoms with E-state index in [9.17, 15) is 0 Å². The van der Waals surface area contributed by atoms with Gasteiger partial charge in [0.15, 0.2) is 0 Å². The van der Waals surface area contributed by atoms with E-state index in [1.807, 2.05) is 6.20 Å². The molecular formula is C11H16N2O. The number of nitrogens with zero attached hydrogens (tertiary/aromatic N) is 1. The topological polar surface area (TPSA) is 38.1 Å². The van der Waals surface area contributed by atoms with Gasteiger partial charge in [-0.3, -0.25) is 0 Å². The van der Waals surface area contributed by atoms with Crippen LogP contribution in [0.2, 0.25) is 0 Å². The number of rotatable bonds is 2. The van der Waals surface area contributed by atoms with Crippen molar-refractivity contribution in [2.75, 3.05) is 13.1 Å². The second-order valence-corrected chi connectivity index (χ2v) is 4.46. The van der Waals surface area contributed by atoms with E-state index in [0.717, 1.165) is 19.0 Å². The van der Waals surface area contributed by atoms with Crippen molar-refractivity contribution in [3.63, 3.8) is 0 Å². The van der Waals surface area contributed by atoms with Crippen molar-refractivity contribution < 1.29 is 4.52 Å². The number of aromatic nitrogens is 1. The molecule has 0 amide bonds. The van der Waals surface area contributed by atoms with Gasteiger partial charge in [0.05, 0.1) is 6.20 Å². The molecule has 2 fully saturated rings. The van der Waals surface area contributed by atoms with Crippen LogP contribution in [0.25, 0.3) is 0 Å². The Morgan fingerprint density at radius 2 is 2.21 bits per heavy atom. The Morgan fingerprint density at radius 3 is 2.93 bits per heavy atom. The third-order valence-electron chi connectivity index (χ3n) is 3.31. The summed E-state index contributed by atoms with van der Waals surface area (Å²) in [6.07, 6.45) is 7.10. The van der Waals surface area contributed by atoms with E-state index in [1.165, 1.54) is 37.0 Å². The summed E-state index contributed by atoms with van der Waals surface area (Å²) in [4.78, 5) is 0. The third kappa shape index (κ3) is 1.46.